The van der Waals surface area contributed by atoms with Crippen LogP contribution in [0.4, 0.5) is 0 Å². The summed E-state index contributed by atoms with van der Waals surface area (Å²) < 4.78 is 6.91. The highest BCUT2D eigenvalue weighted by Crippen LogP contribution is 2.26. The number of nitrogens with zero attached hydrogens (tertiary/aromatic N) is 4. The number of thioether (sulfide) groups is 1. The van der Waals surface area contributed by atoms with Crippen LogP contribution in [-0.2, 0) is 16.0 Å². The zero-order valence-corrected chi connectivity index (χ0v) is 15.6. The molecule has 1 unspecified atom stereocenters. The minimum Gasteiger partial charge on any atom is -0.465 e. The van der Waals surface area contributed by atoms with Crippen molar-refractivity contribution in [2.45, 2.75) is 23.8 Å². The van der Waals surface area contributed by atoms with Crippen LogP contribution in [0.25, 0.3) is 16.6 Å². The van der Waals surface area contributed by atoms with Crippen molar-refractivity contribution in [3.63, 3.8) is 0 Å². The number of carbonyl (C=O) groups excluding carboxylic acids is 1. The van der Waals surface area contributed by atoms with Crippen molar-refractivity contribution in [3.8, 4) is 0 Å². The van der Waals surface area contributed by atoms with Crippen molar-refractivity contribution in [1.29, 1.82) is 0 Å². The lowest BCUT2D eigenvalue weighted by Gasteiger charge is -2.13. The first-order valence-electron chi connectivity index (χ1n) is 8.72. The van der Waals surface area contributed by atoms with Gasteiger partial charge in [0.15, 0.2) is 5.65 Å². The first kappa shape index (κ1) is 17.5. The number of esters is 1. The van der Waals surface area contributed by atoms with Gasteiger partial charge in [-0.25, -0.2) is 14.5 Å². The molecular formula is C20H18N4O2S. The highest BCUT2D eigenvalue weighted by atomic mass is 32.2. The van der Waals surface area contributed by atoms with Crippen molar-refractivity contribution in [3.05, 3.63) is 66.5 Å². The molecule has 27 heavy (non-hydrogen) atoms. The number of aromatic nitrogens is 4. The second kappa shape index (κ2) is 7.75. The molecule has 0 amide bonds. The number of hydrogen-bond acceptors (Lipinski definition) is 6. The molecule has 0 aliphatic carbocycles. The minimum atomic E-state index is -0.413. The van der Waals surface area contributed by atoms with Crippen LogP contribution < -0.4 is 0 Å². The Labute approximate surface area is 160 Å². The van der Waals surface area contributed by atoms with Gasteiger partial charge in [0.25, 0.3) is 0 Å². The molecule has 0 aliphatic heterocycles. The third kappa shape index (κ3) is 3.78. The zero-order chi connectivity index (χ0) is 18.6. The smallest absolute Gasteiger partial charge is 0.319 e. The van der Waals surface area contributed by atoms with E-state index in [4.69, 9.17) is 4.74 Å². The van der Waals surface area contributed by atoms with E-state index in [2.05, 4.69) is 15.1 Å². The Morgan fingerprint density at radius 2 is 1.93 bits per heavy atom. The van der Waals surface area contributed by atoms with Crippen LogP contribution in [0.1, 0.15) is 12.5 Å². The molecule has 0 saturated heterocycles. The maximum absolute atomic E-state index is 12.5. The normalized spacial score (nSPS) is 12.3. The molecule has 0 radical (unpaired) electrons. The van der Waals surface area contributed by atoms with Gasteiger partial charge in [-0.1, -0.05) is 54.2 Å². The summed E-state index contributed by atoms with van der Waals surface area (Å²) >= 11 is 1.32. The standard InChI is InChI=1S/C20H18N4O2S/c1-2-26-19(25)17(12-14-8-4-3-5-9-14)27-20-22-18-15-10-6-7-11-16(15)21-13-24(18)23-20/h3-11,13,17H,2,12H2,1H3. The average molecular weight is 378 g/mol. The van der Waals surface area contributed by atoms with Gasteiger partial charge in [0.05, 0.1) is 12.1 Å². The number of hydrogen-bond donors (Lipinski definition) is 0. The Kier molecular flexibility index (Phi) is 5.02. The molecule has 2 heterocycles. The summed E-state index contributed by atoms with van der Waals surface area (Å²) in [5, 5.41) is 5.53. The van der Waals surface area contributed by atoms with Crippen molar-refractivity contribution >= 4 is 34.3 Å². The lowest BCUT2D eigenvalue weighted by atomic mass is 10.1. The highest BCUT2D eigenvalue weighted by molar-refractivity contribution is 8.00. The average Bonchev–Trinajstić information content (AvgIpc) is 3.11. The highest BCUT2D eigenvalue weighted by Gasteiger charge is 2.24. The molecule has 0 N–H and O–H groups in total. The fourth-order valence-corrected chi connectivity index (χ4v) is 3.84. The van der Waals surface area contributed by atoms with Gasteiger partial charge in [0.1, 0.15) is 11.6 Å². The number of benzene rings is 2. The van der Waals surface area contributed by atoms with Gasteiger partial charge in [0.2, 0.25) is 5.16 Å². The first-order chi connectivity index (χ1) is 13.2. The molecule has 0 bridgehead atoms. The molecule has 4 rings (SSSR count). The van der Waals surface area contributed by atoms with Crippen molar-refractivity contribution in [1.82, 2.24) is 19.6 Å². The van der Waals surface area contributed by atoms with Crippen molar-refractivity contribution in [2.75, 3.05) is 6.61 Å². The summed E-state index contributed by atoms with van der Waals surface area (Å²) in [7, 11) is 0. The van der Waals surface area contributed by atoms with Crippen LogP contribution >= 0.6 is 11.8 Å². The fourth-order valence-electron chi connectivity index (χ4n) is 2.87. The zero-order valence-electron chi connectivity index (χ0n) is 14.8. The van der Waals surface area contributed by atoms with Crippen LogP contribution in [0.2, 0.25) is 0 Å². The lowest BCUT2D eigenvalue weighted by Crippen LogP contribution is -2.23. The molecule has 2 aromatic carbocycles. The quantitative estimate of drug-likeness (QED) is 0.378. The number of fused-ring (bicyclic) bond motifs is 3. The van der Waals surface area contributed by atoms with Crippen LogP contribution in [0, 0.1) is 0 Å². The van der Waals surface area contributed by atoms with Crippen LogP contribution in [0.5, 0.6) is 0 Å². The monoisotopic (exact) mass is 378 g/mol. The Balaban J connectivity index is 1.65. The molecule has 4 aromatic rings. The van der Waals surface area contributed by atoms with E-state index in [9.17, 15) is 4.79 Å². The van der Waals surface area contributed by atoms with Gasteiger partial charge in [-0.15, -0.1) is 5.10 Å². The first-order valence-corrected chi connectivity index (χ1v) is 9.60. The van der Waals surface area contributed by atoms with E-state index in [-0.39, 0.29) is 5.97 Å². The van der Waals surface area contributed by atoms with E-state index in [1.807, 2.05) is 61.5 Å². The summed E-state index contributed by atoms with van der Waals surface area (Å²) in [5.74, 6) is -0.256. The van der Waals surface area contributed by atoms with Crippen molar-refractivity contribution in [2.24, 2.45) is 0 Å². The largest absolute Gasteiger partial charge is 0.465 e. The summed E-state index contributed by atoms with van der Waals surface area (Å²) in [4.78, 5) is 21.5. The molecule has 1 atom stereocenters. The number of carbonyl (C=O) groups is 1. The molecule has 0 spiro atoms. The van der Waals surface area contributed by atoms with Crippen LogP contribution in [0.15, 0.2) is 66.1 Å². The second-order valence-electron chi connectivity index (χ2n) is 5.97. The Bertz CT molecular complexity index is 1080. The van der Waals surface area contributed by atoms with Gasteiger partial charge in [-0.3, -0.25) is 4.79 Å². The van der Waals surface area contributed by atoms with Gasteiger partial charge in [0, 0.05) is 5.39 Å². The SMILES string of the molecule is CCOC(=O)C(Cc1ccccc1)Sc1nc2c3ccccc3ncn2n1. The number of para-hydroxylation sites is 1. The molecule has 6 nitrogen and oxygen atoms in total. The Morgan fingerprint density at radius 3 is 2.74 bits per heavy atom. The molecule has 7 heteroatoms. The van der Waals surface area contributed by atoms with Crippen LogP contribution in [0.3, 0.4) is 0 Å². The van der Waals surface area contributed by atoms with E-state index in [1.165, 1.54) is 11.8 Å². The maximum atomic E-state index is 12.5. The van der Waals surface area contributed by atoms with E-state index in [0.717, 1.165) is 22.1 Å². The van der Waals surface area contributed by atoms with Gasteiger partial charge in [-0.2, -0.15) is 0 Å². The summed E-state index contributed by atoms with van der Waals surface area (Å²) in [5.41, 5.74) is 2.66. The van der Waals surface area contributed by atoms with Gasteiger partial charge >= 0.3 is 5.97 Å². The van der Waals surface area contributed by atoms with E-state index in [0.29, 0.717) is 18.2 Å². The molecule has 0 aliphatic rings. The summed E-state index contributed by atoms with van der Waals surface area (Å²) in [6.07, 6.45) is 2.20. The topological polar surface area (TPSA) is 69.4 Å². The predicted molar refractivity (Wildman–Crippen MR) is 105 cm³/mol. The minimum absolute atomic E-state index is 0.256. The van der Waals surface area contributed by atoms with Crippen molar-refractivity contribution < 1.29 is 9.53 Å². The van der Waals surface area contributed by atoms with Gasteiger partial charge < -0.3 is 4.74 Å². The third-order valence-corrected chi connectivity index (χ3v) is 5.15. The Hall–Kier alpha value is -2.93. The molecule has 136 valence electrons. The number of ether oxygens (including phenoxy) is 1. The fraction of sp³-hybridized carbons (Fsp3) is 0.200. The second-order valence-corrected chi connectivity index (χ2v) is 7.14. The predicted octanol–water partition coefficient (Wildman–Crippen LogP) is 3.54. The summed E-state index contributed by atoms with van der Waals surface area (Å²) in [6, 6.07) is 17.7. The molecular weight excluding hydrogens is 360 g/mol. The third-order valence-electron chi connectivity index (χ3n) is 4.12. The molecule has 0 fully saturated rings. The van der Waals surface area contributed by atoms with Gasteiger partial charge in [-0.05, 0) is 31.0 Å². The lowest BCUT2D eigenvalue weighted by molar-refractivity contribution is -0.142. The Morgan fingerprint density at radius 1 is 1.15 bits per heavy atom. The number of rotatable bonds is 6. The van der Waals surface area contributed by atoms with E-state index < -0.39 is 5.25 Å². The van der Waals surface area contributed by atoms with E-state index in [1.54, 1.807) is 10.8 Å². The van der Waals surface area contributed by atoms with E-state index >= 15 is 0 Å². The van der Waals surface area contributed by atoms with Crippen LogP contribution in [-0.4, -0.2) is 37.4 Å². The molecule has 0 saturated carbocycles. The molecule has 2 aromatic heterocycles. The summed E-state index contributed by atoms with van der Waals surface area (Å²) in [6.45, 7) is 2.15. The maximum Gasteiger partial charge on any atom is 0.319 e.